The van der Waals surface area contributed by atoms with Crippen molar-refractivity contribution in [3.63, 3.8) is 0 Å². The highest BCUT2D eigenvalue weighted by molar-refractivity contribution is 5.93. The molecule has 0 spiro atoms. The molecule has 0 fully saturated rings. The molecule has 0 N–H and O–H groups in total. The van der Waals surface area contributed by atoms with Crippen molar-refractivity contribution in [3.05, 3.63) is 103 Å². The fourth-order valence-corrected chi connectivity index (χ4v) is 4.47. The van der Waals surface area contributed by atoms with Crippen LogP contribution in [-0.2, 0) is 28.6 Å². The van der Waals surface area contributed by atoms with Crippen molar-refractivity contribution in [1.29, 1.82) is 0 Å². The van der Waals surface area contributed by atoms with Crippen molar-refractivity contribution in [2.24, 2.45) is 0 Å². The molecular formula is C40H46O10. The predicted octanol–water partition coefficient (Wildman–Crippen LogP) is 7.84. The van der Waals surface area contributed by atoms with Crippen LogP contribution in [0.25, 0.3) is 11.1 Å². The van der Waals surface area contributed by atoms with Crippen molar-refractivity contribution in [2.45, 2.75) is 58.3 Å². The lowest BCUT2D eigenvalue weighted by molar-refractivity contribution is -0.146. The summed E-state index contributed by atoms with van der Waals surface area (Å²) >= 11 is 0. The fourth-order valence-electron chi connectivity index (χ4n) is 4.47. The van der Waals surface area contributed by atoms with E-state index in [0.29, 0.717) is 56.3 Å². The monoisotopic (exact) mass is 686 g/mol. The Labute approximate surface area is 294 Å². The maximum absolute atomic E-state index is 12.6. The molecule has 0 amide bonds. The fraction of sp³-hybridized carbons (Fsp3) is 0.350. The molecule has 0 aromatic heterocycles. The van der Waals surface area contributed by atoms with E-state index in [2.05, 4.69) is 13.2 Å². The lowest BCUT2D eigenvalue weighted by Crippen LogP contribution is -2.13. The number of benzene rings is 3. The van der Waals surface area contributed by atoms with Gasteiger partial charge in [-0.05, 0) is 105 Å². The van der Waals surface area contributed by atoms with Gasteiger partial charge in [0.2, 0.25) is 0 Å². The average Bonchev–Trinajstić information content (AvgIpc) is 3.13. The molecule has 3 aromatic carbocycles. The molecule has 0 aliphatic rings. The Bertz CT molecular complexity index is 1530. The number of ether oxygens (including phenoxy) is 6. The molecule has 3 rings (SSSR count). The normalized spacial score (nSPS) is 10.4. The summed E-state index contributed by atoms with van der Waals surface area (Å²) in [5.74, 6) is -0.106. The first-order valence-corrected chi connectivity index (χ1v) is 16.9. The van der Waals surface area contributed by atoms with Gasteiger partial charge >= 0.3 is 23.9 Å². The van der Waals surface area contributed by atoms with Crippen LogP contribution >= 0.6 is 0 Å². The van der Waals surface area contributed by atoms with Crippen LogP contribution in [0.2, 0.25) is 0 Å². The highest BCUT2D eigenvalue weighted by Gasteiger charge is 2.14. The third-order valence-electron chi connectivity index (χ3n) is 7.22. The van der Waals surface area contributed by atoms with Crippen molar-refractivity contribution in [1.82, 2.24) is 0 Å². The topological polar surface area (TPSA) is 124 Å². The molecule has 0 unspecified atom stereocenters. The van der Waals surface area contributed by atoms with Crippen LogP contribution in [0.5, 0.6) is 17.2 Å². The number of unbranched alkanes of at least 4 members (excludes halogenated alkanes) is 4. The zero-order chi connectivity index (χ0) is 36.0. The molecule has 0 saturated heterocycles. The molecule has 50 heavy (non-hydrogen) atoms. The maximum Gasteiger partial charge on any atom is 0.343 e. The number of rotatable bonds is 23. The summed E-state index contributed by atoms with van der Waals surface area (Å²) in [7, 11) is 0. The van der Waals surface area contributed by atoms with Crippen LogP contribution in [0.1, 0.15) is 68.6 Å². The molecule has 0 aliphatic carbocycles. The Balaban J connectivity index is 1.29. The number of carbonyl (C=O) groups is 4. The second kappa shape index (κ2) is 22.3. The van der Waals surface area contributed by atoms with Gasteiger partial charge in [-0.3, -0.25) is 4.79 Å². The first kappa shape index (κ1) is 39.1. The molecule has 266 valence electrons. The first-order chi connectivity index (χ1) is 24.3. The molecule has 0 aliphatic heterocycles. The third kappa shape index (κ3) is 14.8. The quantitative estimate of drug-likeness (QED) is 0.0320. The van der Waals surface area contributed by atoms with Crippen molar-refractivity contribution in [2.75, 3.05) is 33.0 Å². The van der Waals surface area contributed by atoms with Crippen molar-refractivity contribution >= 4 is 23.9 Å². The van der Waals surface area contributed by atoms with Crippen LogP contribution in [0.3, 0.4) is 0 Å². The number of carbonyl (C=O) groups excluding carboxylic acids is 4. The number of hydrogen-bond acceptors (Lipinski definition) is 10. The highest BCUT2D eigenvalue weighted by atomic mass is 16.5. The standard InChI is InChI=1S/C40H46O10/c1-4-24-47-38(42)29-30(3)39(43)49-28-9-7-6-8-25-45-34-18-12-31(13-19-34)32-14-22-36(23-15-32)50-40(44)33-16-20-35(21-17-33)46-26-10-11-27-48-37(41)5-2/h5,12-23H,2-4,6-11,24-29H2,1H3. The summed E-state index contributed by atoms with van der Waals surface area (Å²) in [5.41, 5.74) is 2.47. The van der Waals surface area contributed by atoms with Crippen LogP contribution in [0.15, 0.2) is 97.6 Å². The van der Waals surface area contributed by atoms with E-state index in [1.165, 1.54) is 0 Å². The summed E-state index contributed by atoms with van der Waals surface area (Å²) in [6, 6.07) is 21.8. The lowest BCUT2D eigenvalue weighted by atomic mass is 10.1. The van der Waals surface area contributed by atoms with E-state index in [4.69, 9.17) is 28.4 Å². The van der Waals surface area contributed by atoms with E-state index in [1.54, 1.807) is 36.4 Å². The van der Waals surface area contributed by atoms with E-state index >= 15 is 0 Å². The van der Waals surface area contributed by atoms with Gasteiger partial charge < -0.3 is 28.4 Å². The lowest BCUT2D eigenvalue weighted by Gasteiger charge is -2.09. The number of hydrogen-bond donors (Lipinski definition) is 0. The zero-order valence-electron chi connectivity index (χ0n) is 28.7. The minimum Gasteiger partial charge on any atom is -0.494 e. The van der Waals surface area contributed by atoms with Crippen molar-refractivity contribution < 1.29 is 47.6 Å². The Kier molecular flexibility index (Phi) is 17.4. The van der Waals surface area contributed by atoms with E-state index < -0.39 is 23.9 Å². The van der Waals surface area contributed by atoms with Gasteiger partial charge in [0.05, 0.1) is 45.0 Å². The van der Waals surface area contributed by atoms with Crippen LogP contribution in [0.4, 0.5) is 0 Å². The summed E-state index contributed by atoms with van der Waals surface area (Å²) in [6.07, 6.45) is 6.48. The molecule has 0 saturated carbocycles. The molecule has 0 atom stereocenters. The van der Waals surface area contributed by atoms with Crippen molar-refractivity contribution in [3.8, 4) is 28.4 Å². The largest absolute Gasteiger partial charge is 0.494 e. The van der Waals surface area contributed by atoms with Gasteiger partial charge in [0.25, 0.3) is 0 Å². The zero-order valence-corrected chi connectivity index (χ0v) is 28.7. The third-order valence-corrected chi connectivity index (χ3v) is 7.22. The van der Waals surface area contributed by atoms with E-state index in [0.717, 1.165) is 55.1 Å². The summed E-state index contributed by atoms with van der Waals surface area (Å²) in [4.78, 5) is 47.2. The predicted molar refractivity (Wildman–Crippen MR) is 189 cm³/mol. The average molecular weight is 687 g/mol. The van der Waals surface area contributed by atoms with Gasteiger partial charge in [0, 0.05) is 11.6 Å². The van der Waals surface area contributed by atoms with Crippen LogP contribution in [0, 0.1) is 0 Å². The molecule has 10 nitrogen and oxygen atoms in total. The Morgan fingerprint density at radius 2 is 1.10 bits per heavy atom. The van der Waals surface area contributed by atoms with E-state index in [9.17, 15) is 19.2 Å². The SMILES string of the molecule is C=CC(=O)OCCCCOc1ccc(C(=O)Oc2ccc(-c3ccc(OCCCCCCOC(=O)C(=C)CC(=O)OCCC)cc3)cc2)cc1. The van der Waals surface area contributed by atoms with E-state index in [-0.39, 0.29) is 18.6 Å². The molecule has 0 radical (unpaired) electrons. The summed E-state index contributed by atoms with van der Waals surface area (Å²) in [6.45, 7) is 10.8. The summed E-state index contributed by atoms with van der Waals surface area (Å²) < 4.78 is 32.2. The molecule has 3 aromatic rings. The molecule has 0 heterocycles. The Morgan fingerprint density at radius 1 is 0.600 bits per heavy atom. The highest BCUT2D eigenvalue weighted by Crippen LogP contribution is 2.25. The van der Waals surface area contributed by atoms with Gasteiger partial charge in [0.15, 0.2) is 0 Å². The Hall–Kier alpha value is -5.38. The number of esters is 4. The van der Waals surface area contributed by atoms with Gasteiger partial charge in [-0.2, -0.15) is 0 Å². The molecular weight excluding hydrogens is 640 g/mol. The smallest absolute Gasteiger partial charge is 0.343 e. The minimum atomic E-state index is -0.564. The van der Waals surface area contributed by atoms with Crippen LogP contribution in [-0.4, -0.2) is 56.9 Å². The van der Waals surface area contributed by atoms with E-state index in [1.807, 2.05) is 43.3 Å². The van der Waals surface area contributed by atoms with Gasteiger partial charge in [-0.15, -0.1) is 0 Å². The first-order valence-electron chi connectivity index (χ1n) is 16.9. The van der Waals surface area contributed by atoms with Crippen LogP contribution < -0.4 is 14.2 Å². The Morgan fingerprint density at radius 3 is 1.68 bits per heavy atom. The second-order valence-corrected chi connectivity index (χ2v) is 11.3. The van der Waals surface area contributed by atoms with Gasteiger partial charge in [-0.1, -0.05) is 44.3 Å². The van der Waals surface area contributed by atoms with Gasteiger partial charge in [-0.25, -0.2) is 14.4 Å². The summed E-state index contributed by atoms with van der Waals surface area (Å²) in [5, 5.41) is 0. The molecule has 10 heteroatoms. The minimum absolute atomic E-state index is 0.103. The molecule has 0 bridgehead atoms. The maximum atomic E-state index is 12.6. The van der Waals surface area contributed by atoms with Gasteiger partial charge in [0.1, 0.15) is 17.2 Å². The second-order valence-electron chi connectivity index (χ2n) is 11.3.